The van der Waals surface area contributed by atoms with Crippen LogP contribution in [0.1, 0.15) is 24.8 Å². The molecule has 19 heavy (non-hydrogen) atoms. The highest BCUT2D eigenvalue weighted by Crippen LogP contribution is 2.29. The third kappa shape index (κ3) is 4.68. The second-order valence-electron chi connectivity index (χ2n) is 5.03. The van der Waals surface area contributed by atoms with E-state index in [1.54, 1.807) is 7.11 Å². The fourth-order valence-corrected chi connectivity index (χ4v) is 2.29. The van der Waals surface area contributed by atoms with Crippen LogP contribution in [0.2, 0.25) is 5.02 Å². The molecule has 0 atom stereocenters. The Bertz CT molecular complexity index is 394. The van der Waals surface area contributed by atoms with Crippen LogP contribution in [0.15, 0.2) is 18.2 Å². The van der Waals surface area contributed by atoms with Crippen molar-refractivity contribution in [3.8, 4) is 5.75 Å². The van der Waals surface area contributed by atoms with Crippen LogP contribution < -0.4 is 10.1 Å². The molecule has 1 aromatic carbocycles. The first kappa shape index (κ1) is 14.6. The van der Waals surface area contributed by atoms with Crippen molar-refractivity contribution < 1.29 is 9.47 Å². The van der Waals surface area contributed by atoms with Gasteiger partial charge in [-0.25, -0.2) is 0 Å². The number of methoxy groups -OCH3 is 1. The normalized spacial score (nSPS) is 15.3. The Morgan fingerprint density at radius 2 is 2.21 bits per heavy atom. The number of benzene rings is 1. The summed E-state index contributed by atoms with van der Waals surface area (Å²) in [6, 6.07) is 5.82. The fraction of sp³-hybridized carbons (Fsp3) is 0.600. The van der Waals surface area contributed by atoms with Crippen LogP contribution in [-0.2, 0) is 11.3 Å². The lowest BCUT2D eigenvalue weighted by atomic mass is 9.86. The number of rotatable bonds is 8. The predicted molar refractivity (Wildman–Crippen MR) is 77.9 cm³/mol. The van der Waals surface area contributed by atoms with Gasteiger partial charge in [0.05, 0.1) is 13.2 Å². The third-order valence-corrected chi connectivity index (χ3v) is 3.76. The van der Waals surface area contributed by atoms with Gasteiger partial charge < -0.3 is 14.8 Å². The van der Waals surface area contributed by atoms with E-state index in [1.165, 1.54) is 19.3 Å². The van der Waals surface area contributed by atoms with E-state index in [9.17, 15) is 0 Å². The maximum Gasteiger partial charge on any atom is 0.123 e. The predicted octanol–water partition coefficient (Wildman–Crippen LogP) is 3.25. The van der Waals surface area contributed by atoms with Gasteiger partial charge in [0.2, 0.25) is 0 Å². The van der Waals surface area contributed by atoms with Crippen LogP contribution in [0.4, 0.5) is 0 Å². The molecule has 1 fully saturated rings. The molecule has 1 saturated carbocycles. The van der Waals surface area contributed by atoms with Crippen molar-refractivity contribution in [3.05, 3.63) is 28.8 Å². The minimum atomic E-state index is 0.707. The van der Waals surface area contributed by atoms with Gasteiger partial charge in [0.1, 0.15) is 5.75 Å². The van der Waals surface area contributed by atoms with E-state index < -0.39 is 0 Å². The molecule has 0 unspecified atom stereocenters. The molecule has 0 bridgehead atoms. The average Bonchev–Trinajstić information content (AvgIpc) is 2.35. The van der Waals surface area contributed by atoms with Crippen LogP contribution >= 0.6 is 11.6 Å². The largest absolute Gasteiger partial charge is 0.493 e. The van der Waals surface area contributed by atoms with Crippen molar-refractivity contribution in [1.29, 1.82) is 0 Å². The Kier molecular flexibility index (Phi) is 5.95. The summed E-state index contributed by atoms with van der Waals surface area (Å²) in [6.45, 7) is 3.11. The van der Waals surface area contributed by atoms with Gasteiger partial charge in [-0.05, 0) is 37.0 Å². The van der Waals surface area contributed by atoms with Gasteiger partial charge in [-0.1, -0.05) is 18.0 Å². The molecule has 2 rings (SSSR count). The summed E-state index contributed by atoms with van der Waals surface area (Å²) in [5.74, 6) is 1.69. The van der Waals surface area contributed by atoms with Crippen LogP contribution in [0.5, 0.6) is 5.75 Å². The summed E-state index contributed by atoms with van der Waals surface area (Å²) in [5.41, 5.74) is 1.11. The van der Waals surface area contributed by atoms with Gasteiger partial charge in [-0.2, -0.15) is 0 Å². The molecule has 0 aliphatic heterocycles. The third-order valence-electron chi connectivity index (χ3n) is 3.52. The molecule has 3 nitrogen and oxygen atoms in total. The zero-order valence-corrected chi connectivity index (χ0v) is 12.2. The Morgan fingerprint density at radius 3 is 2.89 bits per heavy atom. The Morgan fingerprint density at radius 1 is 1.37 bits per heavy atom. The van der Waals surface area contributed by atoms with E-state index in [2.05, 4.69) is 5.32 Å². The second kappa shape index (κ2) is 7.73. The smallest absolute Gasteiger partial charge is 0.123 e. The molecule has 0 heterocycles. The standard InChI is InChI=1S/C15H22ClNO2/c1-18-8-7-17-10-13-9-14(16)5-6-15(13)19-11-12-3-2-4-12/h5-6,9,12,17H,2-4,7-8,10-11H2,1H3. The number of halogens is 1. The van der Waals surface area contributed by atoms with E-state index in [4.69, 9.17) is 21.1 Å². The molecule has 0 radical (unpaired) electrons. The SMILES string of the molecule is COCCNCc1cc(Cl)ccc1OCC1CCC1. The number of ether oxygens (including phenoxy) is 2. The van der Waals surface area contributed by atoms with Gasteiger partial charge >= 0.3 is 0 Å². The van der Waals surface area contributed by atoms with Crippen molar-refractivity contribution in [2.75, 3.05) is 26.9 Å². The zero-order valence-electron chi connectivity index (χ0n) is 11.5. The molecule has 1 aromatic rings. The van der Waals surface area contributed by atoms with Crippen LogP contribution in [0.25, 0.3) is 0 Å². The van der Waals surface area contributed by atoms with Crippen molar-refractivity contribution in [1.82, 2.24) is 5.32 Å². The number of hydrogen-bond acceptors (Lipinski definition) is 3. The molecule has 0 aromatic heterocycles. The van der Waals surface area contributed by atoms with Gasteiger partial charge in [0, 0.05) is 30.8 Å². The topological polar surface area (TPSA) is 30.5 Å². The summed E-state index contributed by atoms with van der Waals surface area (Å²) in [6.07, 6.45) is 3.95. The molecule has 0 spiro atoms. The van der Waals surface area contributed by atoms with Crippen molar-refractivity contribution in [2.24, 2.45) is 5.92 Å². The first-order valence-corrected chi connectivity index (χ1v) is 7.28. The number of hydrogen-bond donors (Lipinski definition) is 1. The molecule has 0 saturated heterocycles. The van der Waals surface area contributed by atoms with Crippen molar-refractivity contribution >= 4 is 11.6 Å². The van der Waals surface area contributed by atoms with E-state index in [0.717, 1.165) is 41.9 Å². The lowest BCUT2D eigenvalue weighted by Crippen LogP contribution is -2.21. The average molecular weight is 284 g/mol. The van der Waals surface area contributed by atoms with Crippen molar-refractivity contribution in [2.45, 2.75) is 25.8 Å². The minimum Gasteiger partial charge on any atom is -0.493 e. The summed E-state index contributed by atoms with van der Waals surface area (Å²) in [5, 5.41) is 4.07. The van der Waals surface area contributed by atoms with E-state index >= 15 is 0 Å². The maximum atomic E-state index is 6.05. The molecule has 1 N–H and O–H groups in total. The van der Waals surface area contributed by atoms with E-state index in [-0.39, 0.29) is 0 Å². The highest BCUT2D eigenvalue weighted by atomic mass is 35.5. The summed E-state index contributed by atoms with van der Waals surface area (Å²) in [7, 11) is 1.70. The highest BCUT2D eigenvalue weighted by molar-refractivity contribution is 6.30. The Balaban J connectivity index is 1.87. The first-order chi connectivity index (χ1) is 9.29. The van der Waals surface area contributed by atoms with Gasteiger partial charge in [0.25, 0.3) is 0 Å². The molecule has 106 valence electrons. The Labute approximate surface area is 120 Å². The lowest BCUT2D eigenvalue weighted by molar-refractivity contribution is 0.179. The van der Waals surface area contributed by atoms with Gasteiger partial charge in [-0.15, -0.1) is 0 Å². The molecular formula is C15H22ClNO2. The van der Waals surface area contributed by atoms with Crippen LogP contribution in [0, 0.1) is 5.92 Å². The van der Waals surface area contributed by atoms with Crippen LogP contribution in [-0.4, -0.2) is 26.9 Å². The van der Waals surface area contributed by atoms with E-state index in [1.807, 2.05) is 18.2 Å². The summed E-state index contributed by atoms with van der Waals surface area (Å²) in [4.78, 5) is 0. The highest BCUT2D eigenvalue weighted by Gasteiger charge is 2.18. The molecule has 0 amide bonds. The maximum absolute atomic E-state index is 6.05. The first-order valence-electron chi connectivity index (χ1n) is 6.90. The molecule has 4 heteroatoms. The zero-order chi connectivity index (χ0) is 13.5. The van der Waals surface area contributed by atoms with Gasteiger partial charge in [0.15, 0.2) is 0 Å². The second-order valence-corrected chi connectivity index (χ2v) is 5.47. The summed E-state index contributed by atoms with van der Waals surface area (Å²) >= 11 is 6.05. The van der Waals surface area contributed by atoms with Gasteiger partial charge in [-0.3, -0.25) is 0 Å². The monoisotopic (exact) mass is 283 g/mol. The van der Waals surface area contributed by atoms with Crippen molar-refractivity contribution in [3.63, 3.8) is 0 Å². The fourth-order valence-electron chi connectivity index (χ4n) is 2.09. The molecular weight excluding hydrogens is 262 g/mol. The molecule has 1 aliphatic rings. The quantitative estimate of drug-likeness (QED) is 0.743. The Hall–Kier alpha value is -0.770. The lowest BCUT2D eigenvalue weighted by Gasteiger charge is -2.25. The van der Waals surface area contributed by atoms with E-state index in [0.29, 0.717) is 6.61 Å². The van der Waals surface area contributed by atoms with Crippen LogP contribution in [0.3, 0.4) is 0 Å². The molecule has 1 aliphatic carbocycles. The number of nitrogens with one attached hydrogen (secondary N) is 1. The minimum absolute atomic E-state index is 0.707. The summed E-state index contributed by atoms with van der Waals surface area (Å²) < 4.78 is 10.9.